The molecule has 0 aromatic heterocycles. The number of hydrogen-bond donors (Lipinski definition) is 0. The van der Waals surface area contributed by atoms with Crippen molar-refractivity contribution < 1.29 is 26.2 Å². The number of benzene rings is 9. The van der Waals surface area contributed by atoms with E-state index in [1.807, 2.05) is 200 Å². The summed E-state index contributed by atoms with van der Waals surface area (Å²) in [7, 11) is 0. The van der Waals surface area contributed by atoms with Crippen molar-refractivity contribution in [3.63, 3.8) is 0 Å². The molecule has 3 atom stereocenters. The highest BCUT2D eigenvalue weighted by Crippen LogP contribution is 2.64. The minimum absolute atomic E-state index is 0.0442. The van der Waals surface area contributed by atoms with Crippen LogP contribution < -0.4 is 0 Å². The highest BCUT2D eigenvalue weighted by molar-refractivity contribution is 8.19. The van der Waals surface area contributed by atoms with Crippen LogP contribution in [0.15, 0.2) is 273 Å². The fraction of sp³-hybridized carbons (Fsp3) is 0.194. The molecule has 1 saturated carbocycles. The Morgan fingerprint density at radius 1 is 0.400 bits per heavy atom. The average molecular weight is 1020 g/mol. The Bertz CT molecular complexity index is 2850. The van der Waals surface area contributed by atoms with Crippen LogP contribution in [-0.2, 0) is 35.2 Å². The van der Waals surface area contributed by atoms with E-state index in [4.69, 9.17) is 18.4 Å². The summed E-state index contributed by atoms with van der Waals surface area (Å²) < 4.78 is 66.7. The van der Waals surface area contributed by atoms with Crippen LogP contribution in [0, 0.1) is 5.92 Å². The maximum absolute atomic E-state index is 17.7. The van der Waals surface area contributed by atoms with Crippen LogP contribution in [-0.4, -0.2) is 42.3 Å². The van der Waals surface area contributed by atoms with E-state index in [9.17, 15) is 0 Å². The predicted molar refractivity (Wildman–Crippen MR) is 299 cm³/mol. The van der Waals surface area contributed by atoms with Gasteiger partial charge in [-0.3, -0.25) is 4.18 Å². The Hall–Kier alpha value is -7.01. The van der Waals surface area contributed by atoms with E-state index >= 15 is 7.77 Å². The molecule has 0 N–H and O–H groups in total. The molecule has 1 aliphatic rings. The molecule has 0 amide bonds. The lowest BCUT2D eigenvalue weighted by molar-refractivity contribution is -0.253. The van der Waals surface area contributed by atoms with Gasteiger partial charge in [-0.1, -0.05) is 287 Å². The van der Waals surface area contributed by atoms with Crippen molar-refractivity contribution in [2.24, 2.45) is 5.92 Å². The molecule has 0 bridgehead atoms. The third kappa shape index (κ3) is 10.0. The van der Waals surface area contributed by atoms with Crippen LogP contribution in [0.5, 0.6) is 0 Å². The maximum Gasteiger partial charge on any atom is 0.241 e. The second kappa shape index (κ2) is 22.9. The van der Waals surface area contributed by atoms with E-state index < -0.39 is 45.7 Å². The number of halogens is 2. The molecule has 0 unspecified atom stereocenters. The summed E-state index contributed by atoms with van der Waals surface area (Å²) in [5.74, 6) is -0.863. The molecule has 0 spiro atoms. The molecule has 1 aliphatic carbocycles. The second-order valence-electron chi connectivity index (χ2n) is 19.1. The van der Waals surface area contributed by atoms with Gasteiger partial charge in [0, 0.05) is 25.4 Å². The summed E-state index contributed by atoms with van der Waals surface area (Å²) in [6, 6.07) is 91.0. The monoisotopic (exact) mass is 1020 g/mol. The van der Waals surface area contributed by atoms with E-state index in [0.717, 1.165) is 54.4 Å². The lowest BCUT2D eigenvalue weighted by Crippen LogP contribution is -2.66. The fourth-order valence-electron chi connectivity index (χ4n) is 11.2. The Morgan fingerprint density at radius 2 is 0.653 bits per heavy atom. The average Bonchev–Trinajstić information content (AvgIpc) is 3.49. The van der Waals surface area contributed by atoms with E-state index in [1.165, 1.54) is 0 Å². The van der Waals surface area contributed by atoms with Gasteiger partial charge in [-0.2, -0.15) is 4.31 Å². The van der Waals surface area contributed by atoms with Gasteiger partial charge in [0.1, 0.15) is 22.4 Å². The molecule has 0 aliphatic heterocycles. The molecule has 8 heteroatoms. The number of rotatable bonds is 22. The SMILES string of the molecule is CCN(CC)S(F)(F)O[C@@]1(COC(c2ccccc2)(c2ccccc2)c2ccccc2)C[C@H](OC(c2ccccc2)(c2ccccc2)c2ccccc2)[C@@H]1COC(c1ccccc1)(c1ccccc1)c1ccccc1. The molecule has 9 aromatic rings. The fourth-order valence-corrected chi connectivity index (χ4v) is 12.5. The van der Waals surface area contributed by atoms with Gasteiger partial charge in [0.25, 0.3) is 0 Å². The summed E-state index contributed by atoms with van der Waals surface area (Å²) in [4.78, 5) is 0. The molecule has 1 fully saturated rings. The standard InChI is InChI=1S/C67H63F2NO4S/c1-3-70(4-2)75(68,69)74-64(52-72-66(56-38-20-8-21-39-56,57-40-22-9-23-41-57)58-42-24-10-25-43-58)50-63(73-67(59-44-26-11-27-45-59,60-46-28-12-29-47-60)61-48-30-13-31-49-61)62(64)51-71-65(53-32-14-5-15-33-53,54-34-16-6-17-35-54)55-36-18-7-19-37-55/h5-49,62-63H,3-4,50-52H2,1-2H3/t62-,63-,64+/m0/s1. The summed E-state index contributed by atoms with van der Waals surface area (Å²) in [5, 5.41) is 0. The second-order valence-corrected chi connectivity index (χ2v) is 20.5. The largest absolute Gasteiger partial charge is 0.360 e. The Labute approximate surface area is 443 Å². The minimum atomic E-state index is -4.93. The molecule has 0 heterocycles. The topological polar surface area (TPSA) is 40.2 Å². The summed E-state index contributed by atoms with van der Waals surface area (Å²) in [5.41, 5.74) is 2.46. The zero-order valence-corrected chi connectivity index (χ0v) is 43.2. The smallest absolute Gasteiger partial charge is 0.241 e. The predicted octanol–water partition coefficient (Wildman–Crippen LogP) is 15.9. The zero-order chi connectivity index (χ0) is 51.6. The molecular formula is C67H63F2NO4S. The van der Waals surface area contributed by atoms with Gasteiger partial charge >= 0.3 is 0 Å². The van der Waals surface area contributed by atoms with Gasteiger partial charge in [-0.05, 0) is 50.1 Å². The number of ether oxygens (including phenoxy) is 3. The summed E-state index contributed by atoms with van der Waals surface area (Å²) >= 11 is -4.93. The van der Waals surface area contributed by atoms with Gasteiger partial charge in [0.15, 0.2) is 0 Å². The van der Waals surface area contributed by atoms with Crippen molar-refractivity contribution in [3.05, 3.63) is 323 Å². The minimum Gasteiger partial charge on any atom is -0.360 e. The van der Waals surface area contributed by atoms with Gasteiger partial charge in [0.2, 0.25) is 11.3 Å². The van der Waals surface area contributed by atoms with Gasteiger partial charge in [-0.25, -0.2) is 0 Å². The van der Waals surface area contributed by atoms with Crippen LogP contribution in [0.1, 0.15) is 70.3 Å². The molecule has 380 valence electrons. The van der Waals surface area contributed by atoms with Crippen LogP contribution in [0.4, 0.5) is 7.77 Å². The van der Waals surface area contributed by atoms with Crippen molar-refractivity contribution in [1.82, 2.24) is 4.31 Å². The molecule has 0 radical (unpaired) electrons. The molecule has 75 heavy (non-hydrogen) atoms. The third-order valence-electron chi connectivity index (χ3n) is 14.9. The normalized spacial score (nSPS) is 17.3. The van der Waals surface area contributed by atoms with Crippen molar-refractivity contribution in [1.29, 1.82) is 0 Å². The lowest BCUT2D eigenvalue weighted by atomic mass is 9.66. The number of hydrogen-bond acceptors (Lipinski definition) is 5. The molecule has 0 saturated heterocycles. The third-order valence-corrected chi connectivity index (χ3v) is 16.6. The van der Waals surface area contributed by atoms with Gasteiger partial charge in [-0.15, -0.1) is 7.77 Å². The van der Waals surface area contributed by atoms with Crippen molar-refractivity contribution in [3.8, 4) is 0 Å². The lowest BCUT2D eigenvalue weighted by Gasteiger charge is -2.58. The van der Waals surface area contributed by atoms with Gasteiger partial charge < -0.3 is 14.2 Å². The van der Waals surface area contributed by atoms with Crippen molar-refractivity contribution >= 4 is 11.3 Å². The Balaban J connectivity index is 1.20. The van der Waals surface area contributed by atoms with Gasteiger partial charge in [0.05, 0.1) is 19.3 Å². The molecular weight excluding hydrogens is 953 g/mol. The van der Waals surface area contributed by atoms with Crippen LogP contribution in [0.3, 0.4) is 0 Å². The Kier molecular flexibility index (Phi) is 15.7. The van der Waals surface area contributed by atoms with Crippen molar-refractivity contribution in [2.75, 3.05) is 26.3 Å². The van der Waals surface area contributed by atoms with Crippen LogP contribution in [0.25, 0.3) is 0 Å². The van der Waals surface area contributed by atoms with Crippen LogP contribution in [0.2, 0.25) is 0 Å². The zero-order valence-electron chi connectivity index (χ0n) is 42.4. The Morgan fingerprint density at radius 3 is 0.920 bits per heavy atom. The van der Waals surface area contributed by atoms with Crippen LogP contribution >= 0.6 is 11.3 Å². The van der Waals surface area contributed by atoms with E-state index in [0.29, 0.717) is 0 Å². The van der Waals surface area contributed by atoms with E-state index in [2.05, 4.69) is 72.8 Å². The maximum atomic E-state index is 17.7. The first-order valence-electron chi connectivity index (χ1n) is 25.9. The molecule has 5 nitrogen and oxygen atoms in total. The van der Waals surface area contributed by atoms with E-state index in [-0.39, 0.29) is 32.7 Å². The molecule has 10 rings (SSSR count). The van der Waals surface area contributed by atoms with Crippen molar-refractivity contribution in [2.45, 2.75) is 48.8 Å². The summed E-state index contributed by atoms with van der Waals surface area (Å²) in [6.07, 6.45) is -0.691. The highest BCUT2D eigenvalue weighted by atomic mass is 32.3. The highest BCUT2D eigenvalue weighted by Gasteiger charge is 2.64. The number of nitrogens with zero attached hydrogens (tertiary/aromatic N) is 1. The first-order chi connectivity index (χ1) is 36.8. The first kappa shape index (κ1) is 51.5. The first-order valence-corrected chi connectivity index (χ1v) is 27.2. The molecule has 9 aromatic carbocycles. The summed E-state index contributed by atoms with van der Waals surface area (Å²) in [6.45, 7) is 3.32. The van der Waals surface area contributed by atoms with E-state index in [1.54, 1.807) is 13.8 Å². The quantitative estimate of drug-likeness (QED) is 0.0633.